The molecule has 0 aliphatic rings. The second-order valence-electron chi connectivity index (χ2n) is 5.96. The van der Waals surface area contributed by atoms with Gasteiger partial charge in [-0.05, 0) is 56.3 Å². The zero-order valence-electron chi connectivity index (χ0n) is 13.8. The van der Waals surface area contributed by atoms with E-state index in [1.54, 1.807) is 19.1 Å². The van der Waals surface area contributed by atoms with E-state index in [4.69, 9.17) is 0 Å². The van der Waals surface area contributed by atoms with Crippen molar-refractivity contribution in [1.82, 2.24) is 4.57 Å². The van der Waals surface area contributed by atoms with E-state index in [1.165, 1.54) is 0 Å². The molecule has 0 amide bonds. The third kappa shape index (κ3) is 2.46. The zero-order chi connectivity index (χ0) is 16.7. The Kier molecular flexibility index (Phi) is 3.60. The van der Waals surface area contributed by atoms with Crippen LogP contribution in [0.15, 0.2) is 42.5 Å². The highest BCUT2D eigenvalue weighted by Crippen LogP contribution is 2.32. The van der Waals surface area contributed by atoms with E-state index in [-0.39, 0.29) is 11.5 Å². The molecule has 23 heavy (non-hydrogen) atoms. The number of phenolic OH excluding ortho intramolecular Hbond substituents is 1. The van der Waals surface area contributed by atoms with Gasteiger partial charge in [0.25, 0.3) is 0 Å². The molecule has 0 saturated heterocycles. The van der Waals surface area contributed by atoms with Gasteiger partial charge in [0.05, 0.1) is 5.52 Å². The number of aromatic nitrogens is 1. The maximum atomic E-state index is 12.1. The van der Waals surface area contributed by atoms with E-state index in [1.807, 2.05) is 44.1 Å². The van der Waals surface area contributed by atoms with Crippen molar-refractivity contribution in [2.75, 3.05) is 19.0 Å². The summed E-state index contributed by atoms with van der Waals surface area (Å²) >= 11 is 0. The predicted octanol–water partition coefficient (Wildman–Crippen LogP) is 3.91. The lowest BCUT2D eigenvalue weighted by Crippen LogP contribution is -2.08. The Morgan fingerprint density at radius 1 is 1.09 bits per heavy atom. The first kappa shape index (κ1) is 15.2. The second-order valence-corrected chi connectivity index (χ2v) is 5.96. The molecular weight excluding hydrogens is 288 g/mol. The summed E-state index contributed by atoms with van der Waals surface area (Å²) in [6.07, 6.45) is 0. The van der Waals surface area contributed by atoms with Gasteiger partial charge in [-0.2, -0.15) is 0 Å². The molecule has 0 bridgehead atoms. The molecule has 1 aromatic heterocycles. The Morgan fingerprint density at radius 3 is 2.30 bits per heavy atom. The van der Waals surface area contributed by atoms with Crippen LogP contribution in [0.5, 0.6) is 5.75 Å². The minimum Gasteiger partial charge on any atom is -0.508 e. The zero-order valence-corrected chi connectivity index (χ0v) is 13.8. The lowest BCUT2D eigenvalue weighted by atomic mass is 10.1. The first-order chi connectivity index (χ1) is 10.9. The number of phenols is 1. The van der Waals surface area contributed by atoms with Crippen LogP contribution in [0.3, 0.4) is 0 Å². The molecule has 118 valence electrons. The highest BCUT2D eigenvalue weighted by atomic mass is 16.3. The average molecular weight is 308 g/mol. The Bertz CT molecular complexity index is 890. The number of carbonyl (C=O) groups excluding carboxylic acids is 1. The fourth-order valence-electron chi connectivity index (χ4n) is 3.08. The third-order valence-electron chi connectivity index (χ3n) is 4.16. The van der Waals surface area contributed by atoms with Gasteiger partial charge in [-0.3, -0.25) is 4.79 Å². The summed E-state index contributed by atoms with van der Waals surface area (Å²) in [5, 5.41) is 10.6. The SMILES string of the molecule is CC(=O)c1c(C)n(-c2ccc(N(C)C)cc2)c2ccc(O)cc12. The summed E-state index contributed by atoms with van der Waals surface area (Å²) in [5.74, 6) is 0.168. The van der Waals surface area contributed by atoms with Crippen LogP contribution in [-0.4, -0.2) is 29.6 Å². The molecule has 0 aliphatic heterocycles. The van der Waals surface area contributed by atoms with Crippen molar-refractivity contribution in [3.8, 4) is 11.4 Å². The van der Waals surface area contributed by atoms with Gasteiger partial charge < -0.3 is 14.6 Å². The van der Waals surface area contributed by atoms with Crippen molar-refractivity contribution in [1.29, 1.82) is 0 Å². The monoisotopic (exact) mass is 308 g/mol. The molecule has 0 saturated carbocycles. The molecule has 3 aromatic rings. The largest absolute Gasteiger partial charge is 0.508 e. The van der Waals surface area contributed by atoms with Crippen molar-refractivity contribution in [2.24, 2.45) is 0 Å². The Hall–Kier alpha value is -2.75. The first-order valence-electron chi connectivity index (χ1n) is 7.53. The van der Waals surface area contributed by atoms with Crippen LogP contribution in [-0.2, 0) is 0 Å². The molecule has 0 spiro atoms. The molecule has 0 aliphatic carbocycles. The van der Waals surface area contributed by atoms with Crippen molar-refractivity contribution < 1.29 is 9.90 Å². The maximum absolute atomic E-state index is 12.1. The molecule has 2 aromatic carbocycles. The first-order valence-corrected chi connectivity index (χ1v) is 7.53. The molecule has 0 unspecified atom stereocenters. The summed E-state index contributed by atoms with van der Waals surface area (Å²) in [5.41, 5.74) is 4.58. The summed E-state index contributed by atoms with van der Waals surface area (Å²) < 4.78 is 2.06. The van der Waals surface area contributed by atoms with E-state index in [0.717, 1.165) is 28.0 Å². The van der Waals surface area contributed by atoms with Crippen LogP contribution in [0.2, 0.25) is 0 Å². The van der Waals surface area contributed by atoms with Crippen LogP contribution in [0.25, 0.3) is 16.6 Å². The van der Waals surface area contributed by atoms with Gasteiger partial charge in [-0.1, -0.05) is 0 Å². The standard InChI is InChI=1S/C19H20N2O2/c1-12-19(13(2)22)17-11-16(23)9-10-18(17)21(12)15-7-5-14(6-8-15)20(3)4/h5-11,23H,1-4H3. The number of hydrogen-bond donors (Lipinski definition) is 1. The van der Waals surface area contributed by atoms with Crippen LogP contribution in [0.1, 0.15) is 23.0 Å². The molecule has 1 heterocycles. The number of benzene rings is 2. The fourth-order valence-corrected chi connectivity index (χ4v) is 3.08. The molecule has 0 radical (unpaired) electrons. The highest BCUT2D eigenvalue weighted by molar-refractivity contribution is 6.09. The predicted molar refractivity (Wildman–Crippen MR) is 94.0 cm³/mol. The molecular formula is C19H20N2O2. The summed E-state index contributed by atoms with van der Waals surface area (Å²) in [7, 11) is 4.00. The van der Waals surface area contributed by atoms with E-state index >= 15 is 0 Å². The van der Waals surface area contributed by atoms with Gasteiger partial charge in [-0.15, -0.1) is 0 Å². The summed E-state index contributed by atoms with van der Waals surface area (Å²) in [6.45, 7) is 3.50. The van der Waals surface area contributed by atoms with Crippen molar-refractivity contribution in [3.63, 3.8) is 0 Å². The molecule has 3 rings (SSSR count). The topological polar surface area (TPSA) is 45.5 Å². The number of carbonyl (C=O) groups is 1. The Labute approximate surface area is 135 Å². The van der Waals surface area contributed by atoms with Crippen LogP contribution in [0, 0.1) is 6.92 Å². The van der Waals surface area contributed by atoms with Crippen LogP contribution < -0.4 is 4.90 Å². The van der Waals surface area contributed by atoms with Crippen molar-refractivity contribution >= 4 is 22.4 Å². The van der Waals surface area contributed by atoms with Gasteiger partial charge in [-0.25, -0.2) is 0 Å². The smallest absolute Gasteiger partial charge is 0.162 e. The van der Waals surface area contributed by atoms with Gasteiger partial charge in [0.2, 0.25) is 0 Å². The number of nitrogens with zero attached hydrogens (tertiary/aromatic N) is 2. The minimum atomic E-state index is 0.00163. The van der Waals surface area contributed by atoms with Crippen molar-refractivity contribution in [2.45, 2.75) is 13.8 Å². The third-order valence-corrected chi connectivity index (χ3v) is 4.16. The number of ketones is 1. The molecule has 0 fully saturated rings. The maximum Gasteiger partial charge on any atom is 0.162 e. The van der Waals surface area contributed by atoms with Gasteiger partial charge in [0.15, 0.2) is 5.78 Å². The fraction of sp³-hybridized carbons (Fsp3) is 0.211. The van der Waals surface area contributed by atoms with Gasteiger partial charge in [0.1, 0.15) is 5.75 Å². The number of aromatic hydroxyl groups is 1. The lowest BCUT2D eigenvalue weighted by Gasteiger charge is -2.14. The van der Waals surface area contributed by atoms with E-state index in [9.17, 15) is 9.90 Å². The van der Waals surface area contributed by atoms with Crippen molar-refractivity contribution in [3.05, 3.63) is 53.7 Å². The Balaban J connectivity index is 2.29. The summed E-state index contributed by atoms with van der Waals surface area (Å²) in [4.78, 5) is 14.1. The summed E-state index contributed by atoms with van der Waals surface area (Å²) in [6, 6.07) is 13.3. The van der Waals surface area contributed by atoms with E-state index < -0.39 is 0 Å². The lowest BCUT2D eigenvalue weighted by molar-refractivity contribution is 0.101. The molecule has 0 atom stereocenters. The van der Waals surface area contributed by atoms with E-state index in [0.29, 0.717) is 5.56 Å². The minimum absolute atomic E-state index is 0.00163. The van der Waals surface area contributed by atoms with Gasteiger partial charge in [0, 0.05) is 42.1 Å². The molecule has 4 nitrogen and oxygen atoms in total. The van der Waals surface area contributed by atoms with E-state index in [2.05, 4.69) is 16.7 Å². The number of anilines is 1. The molecule has 4 heteroatoms. The van der Waals surface area contributed by atoms with Crippen LogP contribution >= 0.6 is 0 Å². The number of hydrogen-bond acceptors (Lipinski definition) is 3. The number of rotatable bonds is 3. The van der Waals surface area contributed by atoms with Gasteiger partial charge >= 0.3 is 0 Å². The van der Waals surface area contributed by atoms with Crippen LogP contribution in [0.4, 0.5) is 5.69 Å². The Morgan fingerprint density at radius 2 is 1.74 bits per heavy atom. The second kappa shape index (κ2) is 5.47. The quantitative estimate of drug-likeness (QED) is 0.746. The number of Topliss-reactive ketones (excluding diaryl/α,β-unsaturated/α-hetero) is 1. The number of fused-ring (bicyclic) bond motifs is 1. The highest BCUT2D eigenvalue weighted by Gasteiger charge is 2.18. The normalized spacial score (nSPS) is 11.0. The molecule has 1 N–H and O–H groups in total. The average Bonchev–Trinajstić information content (AvgIpc) is 2.78.